The van der Waals surface area contributed by atoms with Crippen molar-refractivity contribution in [3.05, 3.63) is 37.9 Å². The first-order valence-corrected chi connectivity index (χ1v) is 6.89. The number of nitrogens with zero attached hydrogens (tertiary/aromatic N) is 2. The van der Waals surface area contributed by atoms with Gasteiger partial charge in [0.1, 0.15) is 0 Å². The molecule has 0 aliphatic carbocycles. The van der Waals surface area contributed by atoms with E-state index in [4.69, 9.17) is 0 Å². The Morgan fingerprint density at radius 3 is 1.90 bits per heavy atom. The molecule has 0 fully saturated rings. The lowest BCUT2D eigenvalue weighted by Gasteiger charge is -2.19. The first kappa shape index (κ1) is 16.9. The van der Waals surface area contributed by atoms with Gasteiger partial charge < -0.3 is 5.32 Å². The van der Waals surface area contributed by atoms with E-state index in [2.05, 4.69) is 5.32 Å². The summed E-state index contributed by atoms with van der Waals surface area (Å²) in [5, 5.41) is 25.3. The van der Waals surface area contributed by atoms with Crippen LogP contribution >= 0.6 is 0 Å². The van der Waals surface area contributed by atoms with E-state index in [1.165, 1.54) is 12.1 Å². The van der Waals surface area contributed by atoms with Crippen LogP contribution in [0.15, 0.2) is 12.1 Å². The Morgan fingerprint density at radius 1 is 1.10 bits per heavy atom. The van der Waals surface area contributed by atoms with Crippen LogP contribution in [0.25, 0.3) is 0 Å². The lowest BCUT2D eigenvalue weighted by atomic mass is 9.86. The van der Waals surface area contributed by atoms with Crippen molar-refractivity contribution >= 4 is 17.1 Å². The highest BCUT2D eigenvalue weighted by atomic mass is 16.6. The van der Waals surface area contributed by atoms with Crippen LogP contribution in [0.3, 0.4) is 0 Å². The van der Waals surface area contributed by atoms with E-state index in [0.717, 1.165) is 12.8 Å². The molecular formula is C14H21N3O4. The highest BCUT2D eigenvalue weighted by Gasteiger charge is 2.29. The molecule has 0 radical (unpaired) electrons. The van der Waals surface area contributed by atoms with Crippen molar-refractivity contribution in [3.8, 4) is 0 Å². The lowest BCUT2D eigenvalue weighted by molar-refractivity contribution is -0.392. The first-order chi connectivity index (χ1) is 9.68. The number of anilines is 1. The van der Waals surface area contributed by atoms with Gasteiger partial charge in [-0.05, 0) is 17.4 Å². The van der Waals surface area contributed by atoms with Gasteiger partial charge in [0, 0.05) is 18.7 Å². The number of hydrogen-bond acceptors (Lipinski definition) is 5. The molecule has 0 saturated heterocycles. The van der Waals surface area contributed by atoms with Crippen molar-refractivity contribution in [2.45, 2.75) is 46.0 Å². The molecule has 0 aromatic heterocycles. The minimum Gasteiger partial charge on any atom is -0.374 e. The molecule has 21 heavy (non-hydrogen) atoms. The van der Waals surface area contributed by atoms with Gasteiger partial charge in [0.05, 0.1) is 9.85 Å². The summed E-state index contributed by atoms with van der Waals surface area (Å²) >= 11 is 0. The van der Waals surface area contributed by atoms with Gasteiger partial charge in [0.25, 0.3) is 11.4 Å². The number of hydrogen-bond donors (Lipinski definition) is 1. The summed E-state index contributed by atoms with van der Waals surface area (Å²) in [7, 11) is 0. The number of nitro benzene ring substituents is 2. The normalized spacial score (nSPS) is 11.2. The van der Waals surface area contributed by atoms with Crippen molar-refractivity contribution in [2.24, 2.45) is 0 Å². The average Bonchev–Trinajstić information content (AvgIpc) is 2.36. The molecule has 116 valence electrons. The van der Waals surface area contributed by atoms with E-state index >= 15 is 0 Å². The topological polar surface area (TPSA) is 98.3 Å². The predicted molar refractivity (Wildman–Crippen MR) is 81.8 cm³/mol. The fraction of sp³-hybridized carbons (Fsp3) is 0.571. The third-order valence-corrected chi connectivity index (χ3v) is 3.19. The largest absolute Gasteiger partial charge is 0.374 e. The summed E-state index contributed by atoms with van der Waals surface area (Å²) < 4.78 is 0. The van der Waals surface area contributed by atoms with Gasteiger partial charge in [-0.2, -0.15) is 0 Å². The summed E-state index contributed by atoms with van der Waals surface area (Å²) in [4.78, 5) is 21.4. The van der Waals surface area contributed by atoms with Crippen LogP contribution in [0.2, 0.25) is 0 Å². The number of benzene rings is 1. The van der Waals surface area contributed by atoms with Gasteiger partial charge in [-0.3, -0.25) is 20.2 Å². The number of rotatable bonds is 6. The second kappa shape index (κ2) is 6.51. The molecule has 0 atom stereocenters. The molecule has 0 aliphatic heterocycles. The van der Waals surface area contributed by atoms with Gasteiger partial charge in [0.2, 0.25) is 0 Å². The second-order valence-corrected chi connectivity index (χ2v) is 5.93. The zero-order valence-electron chi connectivity index (χ0n) is 12.8. The molecular weight excluding hydrogens is 274 g/mol. The maximum absolute atomic E-state index is 11.3. The van der Waals surface area contributed by atoms with E-state index < -0.39 is 15.3 Å². The van der Waals surface area contributed by atoms with Crippen LogP contribution in [0.4, 0.5) is 17.1 Å². The number of unbranched alkanes of at least 4 members (excludes halogenated alkanes) is 1. The monoisotopic (exact) mass is 295 g/mol. The summed E-state index contributed by atoms with van der Waals surface area (Å²) in [5.41, 5.74) is -0.332. The zero-order chi connectivity index (χ0) is 16.2. The Labute approximate surface area is 123 Å². The maximum Gasteiger partial charge on any atom is 0.299 e. The Hall–Kier alpha value is -2.18. The predicted octanol–water partition coefficient (Wildman–Crippen LogP) is 4.01. The lowest BCUT2D eigenvalue weighted by Crippen LogP contribution is -2.14. The molecule has 1 aromatic carbocycles. The van der Waals surface area contributed by atoms with Crippen LogP contribution in [0.1, 0.15) is 46.1 Å². The number of nitro groups is 2. The zero-order valence-corrected chi connectivity index (χ0v) is 12.8. The summed E-state index contributed by atoms with van der Waals surface area (Å²) in [5.74, 6) is 0. The van der Waals surface area contributed by atoms with E-state index in [0.29, 0.717) is 12.1 Å². The third-order valence-electron chi connectivity index (χ3n) is 3.19. The molecule has 0 heterocycles. The molecule has 0 amide bonds. The molecule has 1 N–H and O–H groups in total. The van der Waals surface area contributed by atoms with Gasteiger partial charge in [-0.1, -0.05) is 34.1 Å². The minimum atomic E-state index is -0.573. The quantitative estimate of drug-likeness (QED) is 0.485. The molecule has 0 bridgehead atoms. The SMILES string of the molecule is CCCCNc1c([N+](=O)[O-])cc(C(C)(C)C)cc1[N+](=O)[O-]. The van der Waals surface area contributed by atoms with Gasteiger partial charge in [-0.25, -0.2) is 0 Å². The van der Waals surface area contributed by atoms with Crippen LogP contribution in [0.5, 0.6) is 0 Å². The highest BCUT2D eigenvalue weighted by Crippen LogP contribution is 2.39. The average molecular weight is 295 g/mol. The Balaban J connectivity index is 3.44. The van der Waals surface area contributed by atoms with E-state index in [1.54, 1.807) is 0 Å². The minimum absolute atomic E-state index is 0.00792. The van der Waals surface area contributed by atoms with E-state index in [9.17, 15) is 20.2 Å². The van der Waals surface area contributed by atoms with E-state index in [-0.39, 0.29) is 17.1 Å². The molecule has 0 saturated carbocycles. The van der Waals surface area contributed by atoms with Gasteiger partial charge in [-0.15, -0.1) is 0 Å². The molecule has 0 unspecified atom stereocenters. The van der Waals surface area contributed by atoms with Crippen LogP contribution in [-0.4, -0.2) is 16.4 Å². The van der Waals surface area contributed by atoms with Crippen LogP contribution < -0.4 is 5.32 Å². The molecule has 0 aliphatic rings. The summed E-state index contributed by atoms with van der Waals surface area (Å²) in [6, 6.07) is 2.84. The Bertz CT molecular complexity index is 515. The Kier molecular flexibility index (Phi) is 5.23. The van der Waals surface area contributed by atoms with E-state index in [1.807, 2.05) is 27.7 Å². The molecule has 0 spiro atoms. The van der Waals surface area contributed by atoms with Gasteiger partial charge >= 0.3 is 0 Å². The standard InChI is InChI=1S/C14H21N3O4/c1-5-6-7-15-13-11(16(18)19)8-10(14(2,3)4)9-12(13)17(20)21/h8-9,15H,5-7H2,1-4H3. The van der Waals surface area contributed by atoms with Crippen molar-refractivity contribution in [3.63, 3.8) is 0 Å². The van der Waals surface area contributed by atoms with Crippen molar-refractivity contribution in [1.82, 2.24) is 0 Å². The third kappa shape index (κ3) is 4.14. The smallest absolute Gasteiger partial charge is 0.299 e. The summed E-state index contributed by atoms with van der Waals surface area (Å²) in [6.45, 7) is 8.03. The van der Waals surface area contributed by atoms with Crippen molar-refractivity contribution in [2.75, 3.05) is 11.9 Å². The Morgan fingerprint density at radius 2 is 1.57 bits per heavy atom. The van der Waals surface area contributed by atoms with Crippen LogP contribution in [-0.2, 0) is 5.41 Å². The molecule has 7 heteroatoms. The molecule has 1 aromatic rings. The van der Waals surface area contributed by atoms with Crippen LogP contribution in [0, 0.1) is 20.2 Å². The number of nitrogens with one attached hydrogen (secondary N) is 1. The molecule has 1 rings (SSSR count). The van der Waals surface area contributed by atoms with Gasteiger partial charge in [0.15, 0.2) is 5.69 Å². The highest BCUT2D eigenvalue weighted by molar-refractivity contribution is 5.75. The maximum atomic E-state index is 11.3. The summed E-state index contributed by atoms with van der Waals surface area (Å²) in [6.07, 6.45) is 1.68. The first-order valence-electron chi connectivity index (χ1n) is 6.89. The fourth-order valence-electron chi connectivity index (χ4n) is 1.90. The fourth-order valence-corrected chi connectivity index (χ4v) is 1.90. The molecule has 7 nitrogen and oxygen atoms in total. The van der Waals surface area contributed by atoms with Crippen molar-refractivity contribution in [1.29, 1.82) is 0 Å². The van der Waals surface area contributed by atoms with Crippen molar-refractivity contribution < 1.29 is 9.85 Å². The second-order valence-electron chi connectivity index (χ2n) is 5.93.